The highest BCUT2D eigenvalue weighted by atomic mass is 16.6. The van der Waals surface area contributed by atoms with Crippen LogP contribution in [0, 0.1) is 33.3 Å². The predicted molar refractivity (Wildman–Crippen MR) is 178 cm³/mol. The van der Waals surface area contributed by atoms with Crippen molar-refractivity contribution in [2.24, 2.45) is 28.3 Å². The number of allylic oxidation sites excluding steroid dienone is 3. The lowest BCUT2D eigenvalue weighted by Gasteiger charge is -2.44. The largest absolute Gasteiger partial charge is 0.461 e. The number of esters is 1. The molecule has 3 aliphatic rings. The zero-order valence-electron chi connectivity index (χ0n) is 27.6. The topological polar surface area (TPSA) is 171 Å². The van der Waals surface area contributed by atoms with E-state index in [4.69, 9.17) is 10.3 Å². The van der Waals surface area contributed by atoms with E-state index >= 15 is 0 Å². The first-order valence-electron chi connectivity index (χ1n) is 16.5. The molecular formula is C35H49N5O6. The normalized spacial score (nSPS) is 28.8. The lowest BCUT2D eigenvalue weighted by Crippen LogP contribution is -2.36. The fourth-order valence-electron chi connectivity index (χ4n) is 8.14. The number of hydrogen-bond acceptors (Lipinski definition) is 8. The monoisotopic (exact) mass is 635 g/mol. The van der Waals surface area contributed by atoms with Gasteiger partial charge >= 0.3 is 5.97 Å². The van der Waals surface area contributed by atoms with Crippen LogP contribution >= 0.6 is 0 Å². The summed E-state index contributed by atoms with van der Waals surface area (Å²) in [5.74, 6) is 1.18. The second-order valence-electron chi connectivity index (χ2n) is 14.3. The number of ether oxygens (including phenoxy) is 1. The Kier molecular flexibility index (Phi) is 11.4. The van der Waals surface area contributed by atoms with Crippen LogP contribution < -0.4 is 5.32 Å². The summed E-state index contributed by atoms with van der Waals surface area (Å²) >= 11 is 0. The number of azide groups is 1. The maximum Gasteiger partial charge on any atom is 0.325 e. The first-order chi connectivity index (χ1) is 21.7. The van der Waals surface area contributed by atoms with Crippen LogP contribution in [0.4, 0.5) is 17.1 Å². The van der Waals surface area contributed by atoms with Gasteiger partial charge in [0.15, 0.2) is 0 Å². The molecule has 3 N–H and O–H groups in total. The van der Waals surface area contributed by atoms with E-state index in [1.165, 1.54) is 37.0 Å². The van der Waals surface area contributed by atoms with Gasteiger partial charge in [-0.3, -0.25) is 14.9 Å². The Morgan fingerprint density at radius 1 is 1.37 bits per heavy atom. The molecule has 0 radical (unpaired) electrons. The third-order valence-electron chi connectivity index (χ3n) is 10.5. The molecule has 250 valence electrons. The van der Waals surface area contributed by atoms with Gasteiger partial charge in [0.05, 0.1) is 16.6 Å². The Morgan fingerprint density at radius 2 is 2.13 bits per heavy atom. The average molecular weight is 636 g/mol. The van der Waals surface area contributed by atoms with E-state index in [0.717, 1.165) is 43.7 Å². The van der Waals surface area contributed by atoms with Gasteiger partial charge in [0, 0.05) is 29.5 Å². The van der Waals surface area contributed by atoms with E-state index in [0.29, 0.717) is 29.7 Å². The third-order valence-corrected chi connectivity index (χ3v) is 10.5. The molecule has 0 aliphatic heterocycles. The molecule has 6 atom stereocenters. The SMILES string of the molecule is C=C1C(=CC=C2CCC[C@]3(C)[C@@H]([C@H](C)CCCC(C)(C)O)CC[C@@H]23)C[C@@H](OC(=O)CNc2ccc(N=[N+]=[N-])cc2[N+](=O)[O-])C[C@@H]1O. The first kappa shape index (κ1) is 35.2. The number of aliphatic hydroxyl groups is 2. The van der Waals surface area contributed by atoms with Crippen LogP contribution in [-0.2, 0) is 9.53 Å². The Hall–Kier alpha value is -3.66. The Bertz CT molecular complexity index is 1420. The van der Waals surface area contributed by atoms with E-state index in [1.807, 2.05) is 13.8 Å². The molecular weight excluding hydrogens is 586 g/mol. The number of anilines is 1. The van der Waals surface area contributed by atoms with E-state index in [9.17, 15) is 25.1 Å². The van der Waals surface area contributed by atoms with Crippen LogP contribution in [0.15, 0.2) is 58.8 Å². The molecule has 1 aromatic rings. The van der Waals surface area contributed by atoms with Gasteiger partial charge < -0.3 is 20.3 Å². The van der Waals surface area contributed by atoms with Gasteiger partial charge in [-0.2, -0.15) is 0 Å². The molecule has 0 spiro atoms. The minimum absolute atomic E-state index is 0.0895. The molecule has 0 aromatic heterocycles. The number of rotatable bonds is 12. The maximum absolute atomic E-state index is 12.7. The highest BCUT2D eigenvalue weighted by Gasteiger charge is 2.50. The molecule has 4 rings (SSSR count). The minimum Gasteiger partial charge on any atom is -0.461 e. The van der Waals surface area contributed by atoms with Crippen molar-refractivity contribution in [1.82, 2.24) is 0 Å². The standard InChI is InChI=1S/C35H49N5O6/c1-22(8-6-16-34(3,4)43)28-13-14-29-24(9-7-17-35(28,29)5)10-11-25-18-27(20-32(41)23(25)2)46-33(42)21-37-30-15-12-26(38-39-36)19-31(30)40(44)45/h10-12,15,19,22,27-29,32,37,41,43H,2,6-9,13-14,16-18,20-21H2,1,3-5H3/t22-,27-,28-,29+,32+,35-/m1/s1. The van der Waals surface area contributed by atoms with Gasteiger partial charge in [0.25, 0.3) is 5.69 Å². The fraction of sp³-hybridized carbons (Fsp3) is 0.629. The number of fused-ring (bicyclic) bond motifs is 1. The zero-order valence-corrected chi connectivity index (χ0v) is 27.6. The van der Waals surface area contributed by atoms with Crippen molar-refractivity contribution in [3.63, 3.8) is 0 Å². The smallest absolute Gasteiger partial charge is 0.325 e. The molecule has 11 nitrogen and oxygen atoms in total. The number of hydrogen-bond donors (Lipinski definition) is 3. The van der Waals surface area contributed by atoms with Crippen molar-refractivity contribution < 1.29 is 24.7 Å². The number of nitro groups is 1. The molecule has 0 heterocycles. The first-order valence-corrected chi connectivity index (χ1v) is 16.5. The second kappa shape index (κ2) is 14.8. The molecule has 0 saturated heterocycles. The number of nitrogens with zero attached hydrogens (tertiary/aromatic N) is 4. The van der Waals surface area contributed by atoms with Crippen molar-refractivity contribution >= 4 is 23.0 Å². The number of carbonyl (C=O) groups is 1. The van der Waals surface area contributed by atoms with E-state index < -0.39 is 28.7 Å². The van der Waals surface area contributed by atoms with Crippen molar-refractivity contribution in [2.45, 2.75) is 110 Å². The van der Waals surface area contributed by atoms with Crippen molar-refractivity contribution in [1.29, 1.82) is 0 Å². The molecule has 1 aromatic carbocycles. The van der Waals surface area contributed by atoms with Crippen LogP contribution in [0.2, 0.25) is 0 Å². The molecule has 0 amide bonds. The van der Waals surface area contributed by atoms with E-state index in [2.05, 4.69) is 47.9 Å². The quantitative estimate of drug-likeness (QED) is 0.0518. The van der Waals surface area contributed by atoms with E-state index in [1.54, 1.807) is 0 Å². The molecule has 3 saturated carbocycles. The van der Waals surface area contributed by atoms with Crippen LogP contribution in [0.3, 0.4) is 0 Å². The van der Waals surface area contributed by atoms with E-state index in [-0.39, 0.29) is 35.4 Å². The van der Waals surface area contributed by atoms with Crippen molar-refractivity contribution in [2.75, 3.05) is 11.9 Å². The molecule has 0 bridgehead atoms. The molecule has 3 fully saturated rings. The molecule has 0 unspecified atom stereocenters. The molecule has 3 aliphatic carbocycles. The second-order valence-corrected chi connectivity index (χ2v) is 14.3. The van der Waals surface area contributed by atoms with Gasteiger partial charge in [-0.1, -0.05) is 62.2 Å². The average Bonchev–Trinajstić information content (AvgIpc) is 3.34. The van der Waals surface area contributed by atoms with Gasteiger partial charge in [-0.15, -0.1) is 0 Å². The highest BCUT2D eigenvalue weighted by molar-refractivity contribution is 5.77. The van der Waals surface area contributed by atoms with Crippen LogP contribution in [0.5, 0.6) is 0 Å². The van der Waals surface area contributed by atoms with Gasteiger partial charge in [0.2, 0.25) is 0 Å². The molecule has 46 heavy (non-hydrogen) atoms. The summed E-state index contributed by atoms with van der Waals surface area (Å²) < 4.78 is 5.68. The lowest BCUT2D eigenvalue weighted by molar-refractivity contribution is -0.383. The van der Waals surface area contributed by atoms with Crippen LogP contribution in [0.1, 0.15) is 91.9 Å². The summed E-state index contributed by atoms with van der Waals surface area (Å²) in [6, 6.07) is 3.92. The number of nitrogens with one attached hydrogen (secondary N) is 1. The number of nitro benzene ring substituents is 1. The number of benzene rings is 1. The van der Waals surface area contributed by atoms with Crippen molar-refractivity contribution in [3.8, 4) is 0 Å². The predicted octanol–water partition coefficient (Wildman–Crippen LogP) is 8.22. The van der Waals surface area contributed by atoms with Gasteiger partial charge in [0.1, 0.15) is 18.3 Å². The summed E-state index contributed by atoms with van der Waals surface area (Å²) in [6.45, 7) is 12.4. The number of aliphatic hydroxyl groups excluding tert-OH is 1. The van der Waals surface area contributed by atoms with Crippen LogP contribution in [0.25, 0.3) is 10.4 Å². The lowest BCUT2D eigenvalue weighted by atomic mass is 9.60. The summed E-state index contributed by atoms with van der Waals surface area (Å²) in [5, 5.41) is 38.5. The summed E-state index contributed by atoms with van der Waals surface area (Å²) in [5.41, 5.74) is 11.0. The Morgan fingerprint density at radius 3 is 2.83 bits per heavy atom. The maximum atomic E-state index is 12.7. The van der Waals surface area contributed by atoms with Crippen LogP contribution in [-0.4, -0.2) is 45.5 Å². The highest BCUT2D eigenvalue weighted by Crippen LogP contribution is 2.60. The molecule has 11 heteroatoms. The summed E-state index contributed by atoms with van der Waals surface area (Å²) in [7, 11) is 0. The Labute approximate surface area is 271 Å². The fourth-order valence-corrected chi connectivity index (χ4v) is 8.14. The van der Waals surface area contributed by atoms with Gasteiger partial charge in [-0.25, -0.2) is 0 Å². The van der Waals surface area contributed by atoms with Gasteiger partial charge in [-0.05, 0) is 98.3 Å². The summed E-state index contributed by atoms with van der Waals surface area (Å²) in [4.78, 5) is 26.2. The third kappa shape index (κ3) is 8.57. The zero-order chi connectivity index (χ0) is 33.6. The summed E-state index contributed by atoms with van der Waals surface area (Å²) in [6.07, 6.45) is 12.4. The number of carbonyl (C=O) groups excluding carboxylic acids is 1. The van der Waals surface area contributed by atoms with Crippen molar-refractivity contribution in [3.05, 3.63) is 74.2 Å². The Balaban J connectivity index is 1.39. The minimum atomic E-state index is -0.837.